The fourth-order valence-electron chi connectivity index (χ4n) is 1.10. The maximum Gasteiger partial charge on any atom is 0.277 e. The van der Waals surface area contributed by atoms with Gasteiger partial charge in [-0.3, -0.25) is 0 Å². The van der Waals surface area contributed by atoms with Gasteiger partial charge in [-0.25, -0.2) is 18.1 Å². The SMILES string of the molecule is Cn1nnc(NS(=O)(=O)c2ccnc(N)c2)n1. The minimum atomic E-state index is -3.77. The molecular formula is C7H9N7O2S. The van der Waals surface area contributed by atoms with Crippen LogP contribution in [-0.4, -0.2) is 33.6 Å². The van der Waals surface area contributed by atoms with E-state index in [9.17, 15) is 8.42 Å². The summed E-state index contributed by atoms with van der Waals surface area (Å²) in [6.07, 6.45) is 1.30. The number of aryl methyl sites for hydroxylation is 1. The average Bonchev–Trinajstić information content (AvgIpc) is 2.63. The summed E-state index contributed by atoms with van der Waals surface area (Å²) in [6.45, 7) is 0. The standard InChI is InChI=1S/C7H9N7O2S/c1-14-11-7(10-13-14)12-17(15,16)5-2-3-9-6(8)4-5/h2-4H,1H3,(H2,8,9)(H,11,12). The molecule has 2 aromatic heterocycles. The van der Waals surface area contributed by atoms with E-state index in [1.54, 1.807) is 0 Å². The van der Waals surface area contributed by atoms with Gasteiger partial charge in [0.15, 0.2) is 0 Å². The van der Waals surface area contributed by atoms with Crippen LogP contribution in [0.2, 0.25) is 0 Å². The number of anilines is 2. The molecule has 0 saturated carbocycles. The van der Waals surface area contributed by atoms with E-state index in [1.807, 2.05) is 0 Å². The molecule has 0 radical (unpaired) electrons. The van der Waals surface area contributed by atoms with Gasteiger partial charge in [-0.05, 0) is 11.3 Å². The highest BCUT2D eigenvalue weighted by Crippen LogP contribution is 2.13. The predicted octanol–water partition coefficient (Wildman–Crippen LogP) is -1.01. The highest BCUT2D eigenvalue weighted by Gasteiger charge is 2.17. The van der Waals surface area contributed by atoms with E-state index in [0.717, 1.165) is 4.80 Å². The first-order chi connectivity index (χ1) is 7.97. The van der Waals surface area contributed by atoms with Crippen molar-refractivity contribution in [1.29, 1.82) is 0 Å². The normalized spacial score (nSPS) is 11.4. The molecule has 2 aromatic rings. The van der Waals surface area contributed by atoms with Crippen LogP contribution >= 0.6 is 0 Å². The molecule has 0 saturated heterocycles. The fourth-order valence-corrected chi connectivity index (χ4v) is 2.05. The van der Waals surface area contributed by atoms with Crippen molar-refractivity contribution in [2.45, 2.75) is 4.90 Å². The molecule has 17 heavy (non-hydrogen) atoms. The van der Waals surface area contributed by atoms with Gasteiger partial charge in [0.05, 0.1) is 11.9 Å². The van der Waals surface area contributed by atoms with Crippen molar-refractivity contribution in [2.75, 3.05) is 10.5 Å². The van der Waals surface area contributed by atoms with E-state index in [2.05, 4.69) is 25.1 Å². The minimum absolute atomic E-state index is 0.0162. The Bertz CT molecular complexity index is 635. The summed E-state index contributed by atoms with van der Waals surface area (Å²) in [5.41, 5.74) is 5.40. The van der Waals surface area contributed by atoms with E-state index in [1.165, 1.54) is 25.4 Å². The maximum absolute atomic E-state index is 11.9. The van der Waals surface area contributed by atoms with Crippen LogP contribution in [0.15, 0.2) is 23.2 Å². The highest BCUT2D eigenvalue weighted by atomic mass is 32.2. The number of aromatic nitrogens is 5. The first-order valence-corrected chi connectivity index (χ1v) is 5.94. The monoisotopic (exact) mass is 255 g/mol. The Balaban J connectivity index is 2.31. The van der Waals surface area contributed by atoms with Crippen LogP contribution in [0.4, 0.5) is 11.8 Å². The van der Waals surface area contributed by atoms with Crippen molar-refractivity contribution in [3.8, 4) is 0 Å². The zero-order valence-corrected chi connectivity index (χ0v) is 9.59. The third kappa shape index (κ3) is 2.47. The lowest BCUT2D eigenvalue weighted by molar-refractivity contribution is 0.600. The Kier molecular flexibility index (Phi) is 2.63. The van der Waals surface area contributed by atoms with Gasteiger partial charge in [-0.15, -0.1) is 5.10 Å². The molecule has 2 rings (SSSR count). The molecule has 3 N–H and O–H groups in total. The molecule has 0 spiro atoms. The molecule has 0 aliphatic rings. The number of nitrogen functional groups attached to an aromatic ring is 1. The minimum Gasteiger partial charge on any atom is -0.384 e. The van der Waals surface area contributed by atoms with Crippen LogP contribution in [-0.2, 0) is 17.1 Å². The molecule has 9 nitrogen and oxygen atoms in total. The number of nitrogens with zero attached hydrogens (tertiary/aromatic N) is 5. The lowest BCUT2D eigenvalue weighted by Gasteiger charge is -2.03. The lowest BCUT2D eigenvalue weighted by Crippen LogP contribution is -2.14. The average molecular weight is 255 g/mol. The Hall–Kier alpha value is -2.23. The van der Waals surface area contributed by atoms with Crippen LogP contribution in [0, 0.1) is 0 Å². The molecule has 0 fully saturated rings. The zero-order valence-electron chi connectivity index (χ0n) is 8.77. The summed E-state index contributed by atoms with van der Waals surface area (Å²) < 4.78 is 25.9. The molecule has 0 aliphatic carbocycles. The Morgan fingerprint density at radius 1 is 1.47 bits per heavy atom. The molecule has 2 heterocycles. The summed E-state index contributed by atoms with van der Waals surface area (Å²) in [5, 5.41) is 10.7. The van der Waals surface area contributed by atoms with Crippen molar-refractivity contribution >= 4 is 21.8 Å². The quantitative estimate of drug-likeness (QED) is 0.718. The summed E-state index contributed by atoms with van der Waals surface area (Å²) >= 11 is 0. The Morgan fingerprint density at radius 2 is 2.24 bits per heavy atom. The predicted molar refractivity (Wildman–Crippen MR) is 58.3 cm³/mol. The van der Waals surface area contributed by atoms with Gasteiger partial charge in [-0.2, -0.15) is 4.80 Å². The van der Waals surface area contributed by atoms with Crippen molar-refractivity contribution < 1.29 is 8.42 Å². The van der Waals surface area contributed by atoms with Crippen molar-refractivity contribution in [3.05, 3.63) is 18.3 Å². The van der Waals surface area contributed by atoms with Gasteiger partial charge in [0.25, 0.3) is 16.0 Å². The van der Waals surface area contributed by atoms with Crippen LogP contribution in [0.1, 0.15) is 0 Å². The topological polar surface area (TPSA) is 129 Å². The molecule has 10 heteroatoms. The number of hydrogen-bond donors (Lipinski definition) is 2. The summed E-state index contributed by atoms with van der Waals surface area (Å²) in [4.78, 5) is 4.82. The van der Waals surface area contributed by atoms with Crippen LogP contribution < -0.4 is 10.5 Å². The molecule has 0 aromatic carbocycles. The third-order valence-corrected chi connectivity index (χ3v) is 3.12. The van der Waals surface area contributed by atoms with Gasteiger partial charge in [0.2, 0.25) is 0 Å². The Morgan fingerprint density at radius 3 is 2.82 bits per heavy atom. The van der Waals surface area contributed by atoms with Gasteiger partial charge >= 0.3 is 0 Å². The fraction of sp³-hybridized carbons (Fsp3) is 0.143. The number of sulfonamides is 1. The summed E-state index contributed by atoms with van der Waals surface area (Å²) in [5.74, 6) is 0.00265. The molecule has 0 unspecified atom stereocenters. The molecule has 90 valence electrons. The van der Waals surface area contributed by atoms with Crippen molar-refractivity contribution in [2.24, 2.45) is 7.05 Å². The first kappa shape index (κ1) is 11.3. The van der Waals surface area contributed by atoms with Gasteiger partial charge in [0, 0.05) is 12.3 Å². The van der Waals surface area contributed by atoms with E-state index in [-0.39, 0.29) is 16.7 Å². The molecule has 0 bridgehead atoms. The zero-order chi connectivity index (χ0) is 12.5. The lowest BCUT2D eigenvalue weighted by atomic mass is 10.5. The molecule has 0 aliphatic heterocycles. The van der Waals surface area contributed by atoms with E-state index in [4.69, 9.17) is 5.73 Å². The number of rotatable bonds is 3. The van der Waals surface area contributed by atoms with Crippen molar-refractivity contribution in [1.82, 2.24) is 25.2 Å². The van der Waals surface area contributed by atoms with Gasteiger partial charge < -0.3 is 5.73 Å². The van der Waals surface area contributed by atoms with E-state index >= 15 is 0 Å². The molecule has 0 atom stereocenters. The second-order valence-electron chi connectivity index (χ2n) is 3.12. The number of tetrazole rings is 1. The largest absolute Gasteiger partial charge is 0.384 e. The Labute approximate surface area is 96.7 Å². The first-order valence-electron chi connectivity index (χ1n) is 4.46. The number of nitrogens with two attached hydrogens (primary N) is 1. The smallest absolute Gasteiger partial charge is 0.277 e. The third-order valence-electron chi connectivity index (χ3n) is 1.80. The molecule has 0 amide bonds. The maximum atomic E-state index is 11.9. The molecular weight excluding hydrogens is 246 g/mol. The summed E-state index contributed by atoms with van der Waals surface area (Å²) in [7, 11) is -2.25. The van der Waals surface area contributed by atoms with Crippen molar-refractivity contribution in [3.63, 3.8) is 0 Å². The number of pyridine rings is 1. The highest BCUT2D eigenvalue weighted by molar-refractivity contribution is 7.92. The van der Waals surface area contributed by atoms with Gasteiger partial charge in [-0.1, -0.05) is 5.10 Å². The van der Waals surface area contributed by atoms with Crippen LogP contribution in [0.5, 0.6) is 0 Å². The summed E-state index contributed by atoms with van der Waals surface area (Å²) in [6, 6.07) is 2.55. The van der Waals surface area contributed by atoms with Gasteiger partial charge in [0.1, 0.15) is 5.82 Å². The van der Waals surface area contributed by atoms with E-state index in [0.29, 0.717) is 0 Å². The number of hydrogen-bond acceptors (Lipinski definition) is 7. The second-order valence-corrected chi connectivity index (χ2v) is 4.81. The second kappa shape index (κ2) is 3.97. The van der Waals surface area contributed by atoms with Crippen LogP contribution in [0.3, 0.4) is 0 Å². The number of nitrogens with one attached hydrogen (secondary N) is 1. The van der Waals surface area contributed by atoms with E-state index < -0.39 is 10.0 Å². The van der Waals surface area contributed by atoms with Crippen LogP contribution in [0.25, 0.3) is 0 Å².